The molecular formula is C18H22N2OS. The minimum Gasteiger partial charge on any atom is -0.333 e. The molecule has 2 aromatic rings. The van der Waals surface area contributed by atoms with Gasteiger partial charge in [-0.25, -0.2) is 4.79 Å². The third kappa shape index (κ3) is 4.10. The number of amides is 2. The highest BCUT2D eigenvalue weighted by atomic mass is 32.1. The molecule has 2 heterocycles. The number of nitrogens with zero attached hydrogens (tertiary/aromatic N) is 1. The second kappa shape index (κ2) is 7.45. The molecule has 0 aliphatic carbocycles. The lowest BCUT2D eigenvalue weighted by Crippen LogP contribution is -2.44. The van der Waals surface area contributed by atoms with Crippen molar-refractivity contribution in [2.75, 3.05) is 13.1 Å². The Hall–Kier alpha value is -1.81. The van der Waals surface area contributed by atoms with Crippen LogP contribution in [0.15, 0.2) is 47.8 Å². The number of carbonyl (C=O) groups excluding carboxylic acids is 1. The van der Waals surface area contributed by atoms with Crippen LogP contribution in [0.25, 0.3) is 0 Å². The Morgan fingerprint density at radius 3 is 2.59 bits per heavy atom. The smallest absolute Gasteiger partial charge is 0.317 e. The summed E-state index contributed by atoms with van der Waals surface area (Å²) in [6.45, 7) is 2.38. The standard InChI is InChI=1S/C18H22N2OS/c21-18(19-14-17-7-4-12-22-17)20-10-8-16(9-11-20)13-15-5-2-1-3-6-15/h1-7,12,16H,8-11,13-14H2,(H,19,21). The van der Waals surface area contributed by atoms with Crippen molar-refractivity contribution >= 4 is 17.4 Å². The topological polar surface area (TPSA) is 32.3 Å². The highest BCUT2D eigenvalue weighted by Crippen LogP contribution is 2.21. The molecule has 0 unspecified atom stereocenters. The molecule has 0 spiro atoms. The zero-order chi connectivity index (χ0) is 15.2. The Balaban J connectivity index is 1.42. The van der Waals surface area contributed by atoms with Gasteiger partial charge in [0.25, 0.3) is 0 Å². The first-order chi connectivity index (χ1) is 10.8. The van der Waals surface area contributed by atoms with Crippen molar-refractivity contribution in [1.82, 2.24) is 10.2 Å². The van der Waals surface area contributed by atoms with Gasteiger partial charge in [-0.1, -0.05) is 36.4 Å². The van der Waals surface area contributed by atoms with Gasteiger partial charge < -0.3 is 10.2 Å². The number of hydrogen-bond donors (Lipinski definition) is 1. The Kier molecular flexibility index (Phi) is 5.11. The average molecular weight is 314 g/mol. The Labute approximate surface area is 136 Å². The quantitative estimate of drug-likeness (QED) is 0.911. The summed E-state index contributed by atoms with van der Waals surface area (Å²) >= 11 is 1.68. The summed E-state index contributed by atoms with van der Waals surface area (Å²) in [4.78, 5) is 15.3. The van der Waals surface area contributed by atoms with Crippen LogP contribution in [0.4, 0.5) is 4.79 Å². The van der Waals surface area contributed by atoms with Gasteiger partial charge in [-0.3, -0.25) is 0 Å². The number of thiophene rings is 1. The van der Waals surface area contributed by atoms with Crippen molar-refractivity contribution in [3.05, 3.63) is 58.3 Å². The molecule has 2 amide bonds. The van der Waals surface area contributed by atoms with Crippen LogP contribution in [0.1, 0.15) is 23.3 Å². The number of rotatable bonds is 4. The summed E-state index contributed by atoms with van der Waals surface area (Å²) in [6.07, 6.45) is 3.33. The van der Waals surface area contributed by atoms with E-state index in [1.807, 2.05) is 16.3 Å². The molecule has 1 fully saturated rings. The molecule has 0 saturated carbocycles. The number of piperidine rings is 1. The van der Waals surface area contributed by atoms with Crippen molar-refractivity contribution in [3.8, 4) is 0 Å². The molecular weight excluding hydrogens is 292 g/mol. The van der Waals surface area contributed by atoms with Crippen LogP contribution in [-0.4, -0.2) is 24.0 Å². The van der Waals surface area contributed by atoms with E-state index >= 15 is 0 Å². The maximum Gasteiger partial charge on any atom is 0.317 e. The predicted octanol–water partition coefficient (Wildman–Crippen LogP) is 3.91. The lowest BCUT2D eigenvalue weighted by Gasteiger charge is -2.32. The van der Waals surface area contributed by atoms with Gasteiger partial charge in [-0.05, 0) is 42.2 Å². The van der Waals surface area contributed by atoms with Crippen molar-refractivity contribution in [3.63, 3.8) is 0 Å². The molecule has 0 radical (unpaired) electrons. The normalized spacial score (nSPS) is 15.7. The molecule has 3 nitrogen and oxygen atoms in total. The molecule has 0 bridgehead atoms. The predicted molar refractivity (Wildman–Crippen MR) is 91.0 cm³/mol. The highest BCUT2D eigenvalue weighted by molar-refractivity contribution is 7.09. The first-order valence-corrected chi connectivity index (χ1v) is 8.78. The minimum absolute atomic E-state index is 0.0755. The number of hydrogen-bond acceptors (Lipinski definition) is 2. The van der Waals surface area contributed by atoms with Gasteiger partial charge in [0, 0.05) is 18.0 Å². The molecule has 22 heavy (non-hydrogen) atoms. The van der Waals surface area contributed by atoms with Gasteiger partial charge in [-0.15, -0.1) is 11.3 Å². The van der Waals surface area contributed by atoms with Crippen molar-refractivity contribution in [2.24, 2.45) is 5.92 Å². The first kappa shape index (κ1) is 15.1. The van der Waals surface area contributed by atoms with Gasteiger partial charge in [0.05, 0.1) is 6.54 Å². The molecule has 1 aliphatic heterocycles. The first-order valence-electron chi connectivity index (χ1n) is 7.90. The monoisotopic (exact) mass is 314 g/mol. The van der Waals surface area contributed by atoms with Crippen LogP contribution < -0.4 is 5.32 Å². The Bertz CT molecular complexity index is 574. The van der Waals surface area contributed by atoms with Crippen molar-refractivity contribution in [1.29, 1.82) is 0 Å². The number of likely N-dealkylation sites (tertiary alicyclic amines) is 1. The van der Waals surface area contributed by atoms with E-state index in [4.69, 9.17) is 0 Å². The fourth-order valence-electron chi connectivity index (χ4n) is 2.98. The van der Waals surface area contributed by atoms with E-state index in [2.05, 4.69) is 41.7 Å². The molecule has 1 saturated heterocycles. The Morgan fingerprint density at radius 1 is 1.14 bits per heavy atom. The van der Waals surface area contributed by atoms with Crippen LogP contribution in [0, 0.1) is 5.92 Å². The van der Waals surface area contributed by atoms with E-state index in [0.717, 1.165) is 32.4 Å². The van der Waals surface area contributed by atoms with E-state index in [1.54, 1.807) is 11.3 Å². The van der Waals surface area contributed by atoms with Crippen molar-refractivity contribution in [2.45, 2.75) is 25.8 Å². The number of carbonyl (C=O) groups is 1. The average Bonchev–Trinajstić information content (AvgIpc) is 3.08. The van der Waals surface area contributed by atoms with Gasteiger partial charge in [0.2, 0.25) is 0 Å². The van der Waals surface area contributed by atoms with Gasteiger partial charge in [0.1, 0.15) is 0 Å². The summed E-state index contributed by atoms with van der Waals surface area (Å²) in [6, 6.07) is 14.8. The maximum atomic E-state index is 12.2. The zero-order valence-corrected chi connectivity index (χ0v) is 13.5. The number of benzene rings is 1. The number of nitrogens with one attached hydrogen (secondary N) is 1. The molecule has 4 heteroatoms. The van der Waals surface area contributed by atoms with Crippen molar-refractivity contribution < 1.29 is 4.79 Å². The summed E-state index contributed by atoms with van der Waals surface area (Å²) in [5, 5.41) is 5.05. The van der Waals surface area contributed by atoms with Gasteiger partial charge in [-0.2, -0.15) is 0 Å². The third-order valence-corrected chi connectivity index (χ3v) is 5.14. The fourth-order valence-corrected chi connectivity index (χ4v) is 3.62. The molecule has 1 N–H and O–H groups in total. The molecule has 116 valence electrons. The SMILES string of the molecule is O=C(NCc1cccs1)N1CCC(Cc2ccccc2)CC1. The molecule has 1 aromatic heterocycles. The van der Waals surface area contributed by atoms with E-state index in [-0.39, 0.29) is 6.03 Å². The summed E-state index contributed by atoms with van der Waals surface area (Å²) < 4.78 is 0. The van der Waals surface area contributed by atoms with Crippen LogP contribution in [0.3, 0.4) is 0 Å². The van der Waals surface area contributed by atoms with Crippen LogP contribution in [-0.2, 0) is 13.0 Å². The second-order valence-corrected chi connectivity index (χ2v) is 6.89. The summed E-state index contributed by atoms with van der Waals surface area (Å²) in [5.41, 5.74) is 1.41. The minimum atomic E-state index is 0.0755. The highest BCUT2D eigenvalue weighted by Gasteiger charge is 2.22. The number of urea groups is 1. The maximum absolute atomic E-state index is 12.2. The summed E-state index contributed by atoms with van der Waals surface area (Å²) in [7, 11) is 0. The molecule has 0 atom stereocenters. The van der Waals surface area contributed by atoms with Gasteiger partial charge >= 0.3 is 6.03 Å². The zero-order valence-electron chi connectivity index (χ0n) is 12.7. The molecule has 1 aliphatic rings. The van der Waals surface area contributed by atoms with E-state index < -0.39 is 0 Å². The lowest BCUT2D eigenvalue weighted by molar-refractivity contribution is 0.170. The fraction of sp³-hybridized carbons (Fsp3) is 0.389. The van der Waals surface area contributed by atoms with Gasteiger partial charge in [0.15, 0.2) is 0 Å². The van der Waals surface area contributed by atoms with E-state index in [9.17, 15) is 4.79 Å². The van der Waals surface area contributed by atoms with Crippen LogP contribution in [0.5, 0.6) is 0 Å². The molecule has 3 rings (SSSR count). The second-order valence-electron chi connectivity index (χ2n) is 5.86. The lowest BCUT2D eigenvalue weighted by atomic mass is 9.90. The van der Waals surface area contributed by atoms with E-state index in [0.29, 0.717) is 12.5 Å². The van der Waals surface area contributed by atoms with Crippen LogP contribution in [0.2, 0.25) is 0 Å². The third-order valence-electron chi connectivity index (χ3n) is 4.26. The molecule has 1 aromatic carbocycles. The Morgan fingerprint density at radius 2 is 1.91 bits per heavy atom. The van der Waals surface area contributed by atoms with E-state index in [1.165, 1.54) is 10.4 Å². The largest absolute Gasteiger partial charge is 0.333 e. The summed E-state index contributed by atoms with van der Waals surface area (Å²) in [5.74, 6) is 0.698. The van der Waals surface area contributed by atoms with Crippen LogP contribution >= 0.6 is 11.3 Å².